The van der Waals surface area contributed by atoms with Crippen molar-refractivity contribution in [3.63, 3.8) is 0 Å². The highest BCUT2D eigenvalue weighted by Crippen LogP contribution is 2.10. The first-order chi connectivity index (χ1) is 9.75. The quantitative estimate of drug-likeness (QED) is 0.338. The lowest BCUT2D eigenvalue weighted by Crippen LogP contribution is -2.08. The Labute approximate surface area is 122 Å². The van der Waals surface area contributed by atoms with Crippen LogP contribution in [0.1, 0.15) is 60.9 Å². The third-order valence-corrected chi connectivity index (χ3v) is 3.40. The van der Waals surface area contributed by atoms with E-state index in [2.05, 4.69) is 6.58 Å². The molecule has 0 bridgehead atoms. The second-order valence-electron chi connectivity index (χ2n) is 5.15. The van der Waals surface area contributed by atoms with Crippen LogP contribution in [0.3, 0.4) is 0 Å². The standard InChI is InChI=1S/C18H26O2/c1-3-4-5-6-7-8-9-12-15-20-18(19)17-14-11-10-13-16(17)2/h3,10-11,13-14H,1,4-9,12,15H2,2H3. The Morgan fingerprint density at radius 1 is 1.10 bits per heavy atom. The molecule has 20 heavy (non-hydrogen) atoms. The Morgan fingerprint density at radius 2 is 1.75 bits per heavy atom. The molecule has 0 unspecified atom stereocenters. The van der Waals surface area contributed by atoms with Crippen molar-refractivity contribution in [2.75, 3.05) is 6.61 Å². The lowest BCUT2D eigenvalue weighted by atomic mass is 10.1. The van der Waals surface area contributed by atoms with Gasteiger partial charge >= 0.3 is 5.97 Å². The Kier molecular flexibility index (Phi) is 8.44. The molecule has 0 aliphatic heterocycles. The van der Waals surface area contributed by atoms with E-state index < -0.39 is 0 Å². The molecule has 0 atom stereocenters. The molecule has 0 fully saturated rings. The smallest absolute Gasteiger partial charge is 0.338 e. The molecule has 0 saturated heterocycles. The molecular weight excluding hydrogens is 248 g/mol. The Morgan fingerprint density at radius 3 is 2.45 bits per heavy atom. The third-order valence-electron chi connectivity index (χ3n) is 3.40. The summed E-state index contributed by atoms with van der Waals surface area (Å²) in [7, 11) is 0. The molecule has 2 nitrogen and oxygen atoms in total. The summed E-state index contributed by atoms with van der Waals surface area (Å²) in [6.07, 6.45) is 10.2. The van der Waals surface area contributed by atoms with E-state index in [9.17, 15) is 4.79 Å². The summed E-state index contributed by atoms with van der Waals surface area (Å²) in [6.45, 7) is 6.18. The van der Waals surface area contributed by atoms with Crippen LogP contribution in [0.15, 0.2) is 36.9 Å². The molecule has 0 aliphatic rings. The van der Waals surface area contributed by atoms with Crippen molar-refractivity contribution in [2.45, 2.75) is 51.9 Å². The van der Waals surface area contributed by atoms with Crippen LogP contribution in [0.25, 0.3) is 0 Å². The molecule has 0 amide bonds. The van der Waals surface area contributed by atoms with E-state index >= 15 is 0 Å². The van der Waals surface area contributed by atoms with E-state index in [4.69, 9.17) is 4.74 Å². The maximum atomic E-state index is 11.8. The van der Waals surface area contributed by atoms with Gasteiger partial charge in [-0.25, -0.2) is 4.79 Å². The second kappa shape index (κ2) is 10.2. The van der Waals surface area contributed by atoms with Crippen molar-refractivity contribution in [3.05, 3.63) is 48.0 Å². The van der Waals surface area contributed by atoms with Gasteiger partial charge in [-0.1, -0.05) is 50.0 Å². The van der Waals surface area contributed by atoms with Crippen molar-refractivity contribution >= 4 is 5.97 Å². The first-order valence-electron chi connectivity index (χ1n) is 7.59. The van der Waals surface area contributed by atoms with Crippen molar-refractivity contribution in [3.8, 4) is 0 Å². The van der Waals surface area contributed by atoms with Gasteiger partial charge in [-0.15, -0.1) is 6.58 Å². The van der Waals surface area contributed by atoms with Gasteiger partial charge in [0.1, 0.15) is 0 Å². The van der Waals surface area contributed by atoms with E-state index in [1.165, 1.54) is 25.7 Å². The van der Waals surface area contributed by atoms with Gasteiger partial charge in [0, 0.05) is 0 Å². The highest BCUT2D eigenvalue weighted by atomic mass is 16.5. The Hall–Kier alpha value is -1.57. The minimum absolute atomic E-state index is 0.200. The molecule has 1 aromatic rings. The number of carbonyl (C=O) groups is 1. The molecule has 0 aliphatic carbocycles. The van der Waals surface area contributed by atoms with Crippen LogP contribution >= 0.6 is 0 Å². The van der Waals surface area contributed by atoms with E-state index in [0.29, 0.717) is 12.2 Å². The molecule has 0 heterocycles. The molecule has 1 rings (SSSR count). The monoisotopic (exact) mass is 274 g/mol. The molecule has 0 N–H and O–H groups in total. The first-order valence-corrected chi connectivity index (χ1v) is 7.59. The van der Waals surface area contributed by atoms with E-state index in [1.54, 1.807) is 0 Å². The Bertz CT molecular complexity index is 410. The number of rotatable bonds is 10. The summed E-state index contributed by atoms with van der Waals surface area (Å²) in [5.41, 5.74) is 1.65. The minimum atomic E-state index is -0.200. The molecule has 0 spiro atoms. The second-order valence-corrected chi connectivity index (χ2v) is 5.15. The number of esters is 1. The van der Waals surface area contributed by atoms with Crippen LogP contribution in [-0.4, -0.2) is 12.6 Å². The summed E-state index contributed by atoms with van der Waals surface area (Å²) >= 11 is 0. The summed E-state index contributed by atoms with van der Waals surface area (Å²) < 4.78 is 5.30. The van der Waals surface area contributed by atoms with Crippen molar-refractivity contribution < 1.29 is 9.53 Å². The number of ether oxygens (including phenoxy) is 1. The van der Waals surface area contributed by atoms with Gasteiger partial charge in [0.05, 0.1) is 12.2 Å². The van der Waals surface area contributed by atoms with Crippen LogP contribution in [0.4, 0.5) is 0 Å². The van der Waals surface area contributed by atoms with Crippen LogP contribution in [0.5, 0.6) is 0 Å². The minimum Gasteiger partial charge on any atom is -0.462 e. The van der Waals surface area contributed by atoms with Gasteiger partial charge in [-0.2, -0.15) is 0 Å². The van der Waals surface area contributed by atoms with Gasteiger partial charge in [0.2, 0.25) is 0 Å². The van der Waals surface area contributed by atoms with Crippen molar-refractivity contribution in [2.24, 2.45) is 0 Å². The zero-order valence-electron chi connectivity index (χ0n) is 12.6. The van der Waals surface area contributed by atoms with E-state index in [-0.39, 0.29) is 5.97 Å². The lowest BCUT2D eigenvalue weighted by Gasteiger charge is -2.06. The zero-order chi connectivity index (χ0) is 14.6. The molecular formula is C18H26O2. The van der Waals surface area contributed by atoms with Gasteiger partial charge < -0.3 is 4.74 Å². The van der Waals surface area contributed by atoms with E-state index in [1.807, 2.05) is 37.3 Å². The fraction of sp³-hybridized carbons (Fsp3) is 0.500. The van der Waals surface area contributed by atoms with Gasteiger partial charge in [0.25, 0.3) is 0 Å². The van der Waals surface area contributed by atoms with Gasteiger partial charge in [-0.3, -0.25) is 0 Å². The number of hydrogen-bond acceptors (Lipinski definition) is 2. The largest absolute Gasteiger partial charge is 0.462 e. The molecule has 2 heteroatoms. The van der Waals surface area contributed by atoms with Crippen LogP contribution < -0.4 is 0 Å². The SMILES string of the molecule is C=CCCCCCCCCOC(=O)c1ccccc1C. The number of carbonyl (C=O) groups excluding carboxylic acids is 1. The number of aryl methyl sites for hydroxylation is 1. The maximum Gasteiger partial charge on any atom is 0.338 e. The number of unbranched alkanes of at least 4 members (excludes halogenated alkanes) is 6. The first kappa shape index (κ1) is 16.5. The average molecular weight is 274 g/mol. The zero-order valence-corrected chi connectivity index (χ0v) is 12.6. The summed E-state index contributed by atoms with van der Waals surface area (Å²) in [6, 6.07) is 7.54. The maximum absolute atomic E-state index is 11.8. The highest BCUT2D eigenvalue weighted by Gasteiger charge is 2.08. The van der Waals surface area contributed by atoms with E-state index in [0.717, 1.165) is 24.8 Å². The van der Waals surface area contributed by atoms with Gasteiger partial charge in [-0.05, 0) is 37.8 Å². The summed E-state index contributed by atoms with van der Waals surface area (Å²) in [5, 5.41) is 0. The number of hydrogen-bond donors (Lipinski definition) is 0. The molecule has 0 saturated carbocycles. The van der Waals surface area contributed by atoms with Crippen LogP contribution in [0, 0.1) is 6.92 Å². The fourth-order valence-corrected chi connectivity index (χ4v) is 2.14. The summed E-state index contributed by atoms with van der Waals surface area (Å²) in [5.74, 6) is -0.200. The molecule has 1 aromatic carbocycles. The number of allylic oxidation sites excluding steroid dienone is 1. The fourth-order valence-electron chi connectivity index (χ4n) is 2.14. The molecule has 0 aromatic heterocycles. The average Bonchev–Trinajstić information content (AvgIpc) is 2.46. The highest BCUT2D eigenvalue weighted by molar-refractivity contribution is 5.90. The molecule has 110 valence electrons. The molecule has 0 radical (unpaired) electrons. The normalized spacial score (nSPS) is 10.2. The van der Waals surface area contributed by atoms with Crippen molar-refractivity contribution in [1.29, 1.82) is 0 Å². The predicted octanol–water partition coefficient (Wildman–Crippen LogP) is 5.07. The third kappa shape index (κ3) is 6.55. The number of benzene rings is 1. The van der Waals surface area contributed by atoms with Crippen molar-refractivity contribution in [1.82, 2.24) is 0 Å². The predicted molar refractivity (Wildman–Crippen MR) is 84.0 cm³/mol. The lowest BCUT2D eigenvalue weighted by molar-refractivity contribution is 0.0497. The van der Waals surface area contributed by atoms with Gasteiger partial charge in [0.15, 0.2) is 0 Å². The summed E-state index contributed by atoms with van der Waals surface area (Å²) in [4.78, 5) is 11.8. The topological polar surface area (TPSA) is 26.3 Å². The van der Waals surface area contributed by atoms with Crippen LogP contribution in [-0.2, 0) is 4.74 Å². The van der Waals surface area contributed by atoms with Crippen LogP contribution in [0.2, 0.25) is 0 Å². The Balaban J connectivity index is 2.05.